The molecule has 6 aromatic rings. The first-order chi connectivity index (χ1) is 35.8. The number of imidazole rings is 4. The van der Waals surface area contributed by atoms with Crippen LogP contribution in [-0.4, -0.2) is 121 Å². The Labute approximate surface area is 461 Å². The van der Waals surface area contributed by atoms with E-state index in [1.165, 1.54) is 97.1 Å². The third-order valence-corrected chi connectivity index (χ3v) is 14.5. The number of hydrogen-bond donors (Lipinski definition) is 5. The van der Waals surface area contributed by atoms with Crippen molar-refractivity contribution in [1.29, 1.82) is 0 Å². The van der Waals surface area contributed by atoms with E-state index in [0.29, 0.717) is 45.3 Å². The number of carboxylic acids is 1. The van der Waals surface area contributed by atoms with E-state index >= 15 is 0 Å². The molecule has 1 fully saturated rings. The zero-order chi connectivity index (χ0) is 55.6. The van der Waals surface area contributed by atoms with Crippen molar-refractivity contribution in [3.63, 3.8) is 0 Å². The van der Waals surface area contributed by atoms with Crippen LogP contribution in [-0.2, 0) is 68.4 Å². The predicted octanol–water partition coefficient (Wildman–Crippen LogP) is 7.26. The lowest BCUT2D eigenvalue weighted by Gasteiger charge is -2.27. The number of fused-ring (bicyclic) bond motifs is 3. The number of sulfonamides is 2. The SMILES string of the molecule is C1CCC2=NCCCN2CC1.CS(=O)(=O)NC(=O)Cc1[nH]c(=S)n2c1C[C@@H](c1c(F)ccc(Br)c1F)C2.CS(N)(=O)=O.O=C(O)Cc1[nH]c(=S)n2c1C[C@@H](c1c(F)ccc(Br)c1F)C2.O=C(n1ccnc1)n1ccnc1. The van der Waals surface area contributed by atoms with Gasteiger partial charge in [-0.2, -0.15) is 0 Å². The van der Waals surface area contributed by atoms with Crippen LogP contribution in [0.2, 0.25) is 0 Å². The van der Waals surface area contributed by atoms with Gasteiger partial charge in [-0.3, -0.25) is 28.4 Å². The third kappa shape index (κ3) is 16.2. The molecule has 76 heavy (non-hydrogen) atoms. The second-order valence-corrected chi connectivity index (χ2v) is 23.7. The second kappa shape index (κ2) is 26.1. The van der Waals surface area contributed by atoms with Gasteiger partial charge in [-0.15, -0.1) is 0 Å². The number of carbonyl (C=O) groups is 3. The molecule has 0 bridgehead atoms. The smallest absolute Gasteiger partial charge is 0.338 e. The first-order valence-electron chi connectivity index (χ1n) is 23.2. The van der Waals surface area contributed by atoms with Gasteiger partial charge >= 0.3 is 12.0 Å². The molecule has 1 saturated heterocycles. The number of H-pyrrole nitrogens is 2. The average Bonchev–Trinajstić information content (AvgIpc) is 4.21. The molecule has 4 aliphatic rings. The molecule has 0 saturated carbocycles. The molecule has 20 nitrogen and oxygen atoms in total. The van der Waals surface area contributed by atoms with Crippen molar-refractivity contribution in [3.8, 4) is 0 Å². The zero-order valence-electron chi connectivity index (χ0n) is 40.7. The maximum absolute atomic E-state index is 14.4. The van der Waals surface area contributed by atoms with Gasteiger partial charge in [-0.25, -0.2) is 54.3 Å². The molecular weight excluding hydrogens is 1210 g/mol. The van der Waals surface area contributed by atoms with Crippen LogP contribution in [0.25, 0.3) is 0 Å². The molecule has 8 heterocycles. The highest BCUT2D eigenvalue weighted by molar-refractivity contribution is 9.10. The number of nitrogens with zero attached hydrogens (tertiary/aromatic N) is 8. The van der Waals surface area contributed by atoms with Crippen LogP contribution in [0.1, 0.15) is 77.8 Å². The molecule has 1 amide bonds. The number of nitrogens with two attached hydrogens (primary N) is 1. The minimum Gasteiger partial charge on any atom is -0.481 e. The van der Waals surface area contributed by atoms with Crippen molar-refractivity contribution < 1.29 is 53.9 Å². The number of primary sulfonamides is 1. The van der Waals surface area contributed by atoms with E-state index in [1.54, 1.807) is 33.9 Å². The number of nitrogens with one attached hydrogen (secondary N) is 3. The van der Waals surface area contributed by atoms with E-state index in [4.69, 9.17) is 29.5 Å². The summed E-state index contributed by atoms with van der Waals surface area (Å²) in [7, 11) is -6.84. The summed E-state index contributed by atoms with van der Waals surface area (Å²) in [4.78, 5) is 54.5. The average molecular weight is 1270 g/mol. The number of halogens is 6. The van der Waals surface area contributed by atoms with Gasteiger partial charge < -0.3 is 29.1 Å². The Morgan fingerprint density at radius 3 is 1.68 bits per heavy atom. The Kier molecular flexibility index (Phi) is 20.5. The van der Waals surface area contributed by atoms with Crippen molar-refractivity contribution >= 4 is 100 Å². The lowest BCUT2D eigenvalue weighted by molar-refractivity contribution is -0.136. The highest BCUT2D eigenvalue weighted by atomic mass is 79.9. The van der Waals surface area contributed by atoms with Gasteiger partial charge in [-0.05, 0) is 113 Å². The van der Waals surface area contributed by atoms with Gasteiger partial charge in [0.25, 0.3) is 0 Å². The first-order valence-corrected chi connectivity index (χ1v) is 29.4. The van der Waals surface area contributed by atoms with Crippen molar-refractivity contribution in [2.75, 3.05) is 32.1 Å². The molecule has 30 heteroatoms. The van der Waals surface area contributed by atoms with Crippen LogP contribution in [0.3, 0.4) is 0 Å². The van der Waals surface area contributed by atoms with Crippen molar-refractivity contribution in [1.82, 2.24) is 47.8 Å². The summed E-state index contributed by atoms with van der Waals surface area (Å²) in [5.74, 6) is -3.71. The number of aliphatic carboxylic acids is 1. The predicted molar refractivity (Wildman–Crippen MR) is 285 cm³/mol. The van der Waals surface area contributed by atoms with Gasteiger partial charge in [0, 0.05) is 110 Å². The minimum atomic E-state index is -3.67. The van der Waals surface area contributed by atoms with E-state index in [9.17, 15) is 48.8 Å². The molecule has 4 aliphatic heterocycles. The Hall–Kier alpha value is -5.66. The second-order valence-electron chi connectivity index (χ2n) is 17.8. The first kappa shape index (κ1) is 59.6. The quantitative estimate of drug-likeness (QED) is 0.0599. The molecule has 10 rings (SSSR count). The van der Waals surface area contributed by atoms with E-state index in [2.05, 4.69) is 66.8 Å². The van der Waals surface area contributed by atoms with Gasteiger partial charge in [0.2, 0.25) is 26.0 Å². The number of amides is 1. The van der Waals surface area contributed by atoms with Crippen molar-refractivity contribution in [2.45, 2.75) is 82.7 Å². The van der Waals surface area contributed by atoms with E-state index in [1.807, 2.05) is 4.72 Å². The lowest BCUT2D eigenvalue weighted by atomic mass is 9.95. The third-order valence-electron chi connectivity index (χ3n) is 12.0. The van der Waals surface area contributed by atoms with Gasteiger partial charge in [-0.1, -0.05) is 6.42 Å². The number of carboxylic acid groups (broad SMARTS) is 1. The monoisotopic (exact) mass is 1260 g/mol. The summed E-state index contributed by atoms with van der Waals surface area (Å²) in [5.41, 5.74) is 2.25. The van der Waals surface area contributed by atoms with Gasteiger partial charge in [0.1, 0.15) is 35.9 Å². The van der Waals surface area contributed by atoms with Gasteiger partial charge in [0.05, 0.1) is 40.1 Å². The van der Waals surface area contributed by atoms with Crippen molar-refractivity contribution in [2.24, 2.45) is 10.1 Å². The fraction of sp³-hybridized carbons (Fsp3) is 0.391. The number of aromatic nitrogens is 8. The Balaban J connectivity index is 0.000000168. The number of benzene rings is 2. The maximum Gasteiger partial charge on any atom is 0.338 e. The highest BCUT2D eigenvalue weighted by Gasteiger charge is 2.33. The summed E-state index contributed by atoms with van der Waals surface area (Å²) in [6.07, 6.45) is 17.8. The summed E-state index contributed by atoms with van der Waals surface area (Å²) in [5, 5.41) is 13.3. The van der Waals surface area contributed by atoms with Crippen molar-refractivity contribution in [3.05, 3.63) is 137 Å². The molecule has 0 unspecified atom stereocenters. The van der Waals surface area contributed by atoms with E-state index < -0.39 is 67.0 Å². The van der Waals surface area contributed by atoms with Crippen LogP contribution >= 0.6 is 56.3 Å². The fourth-order valence-corrected chi connectivity index (χ4v) is 10.7. The van der Waals surface area contributed by atoms with Crippen LogP contribution in [0.15, 0.2) is 75.6 Å². The van der Waals surface area contributed by atoms with Crippen LogP contribution in [0.4, 0.5) is 22.4 Å². The molecule has 6 N–H and O–H groups in total. The zero-order valence-corrected chi connectivity index (χ0v) is 47.1. The molecular formula is C46H52Br2F4N12O8S4. The summed E-state index contributed by atoms with van der Waals surface area (Å²) >= 11 is 16.5. The topological polar surface area (TPSA) is 270 Å². The Morgan fingerprint density at radius 1 is 0.763 bits per heavy atom. The fourth-order valence-electron chi connectivity index (χ4n) is 8.88. The lowest BCUT2D eigenvalue weighted by Crippen LogP contribution is -2.34. The van der Waals surface area contributed by atoms with E-state index in [0.717, 1.165) is 19.1 Å². The number of hydrogen-bond acceptors (Lipinski definition) is 13. The summed E-state index contributed by atoms with van der Waals surface area (Å²) in [6.45, 7) is 4.20. The number of aliphatic imine (C=N–C) groups is 1. The molecule has 4 aromatic heterocycles. The van der Waals surface area contributed by atoms with Crippen LogP contribution in [0.5, 0.6) is 0 Å². The number of aromatic amines is 2. The summed E-state index contributed by atoms with van der Waals surface area (Å²) in [6, 6.07) is 4.85. The Morgan fingerprint density at radius 2 is 1.24 bits per heavy atom. The Bertz CT molecular complexity index is 3410. The molecule has 0 aliphatic carbocycles. The van der Waals surface area contributed by atoms with E-state index in [-0.39, 0.29) is 51.9 Å². The highest BCUT2D eigenvalue weighted by Crippen LogP contribution is 2.38. The van der Waals surface area contributed by atoms with Crippen LogP contribution in [0, 0.1) is 32.8 Å². The maximum atomic E-state index is 14.4. The van der Waals surface area contributed by atoms with Gasteiger partial charge in [0.15, 0.2) is 9.54 Å². The number of amidine groups is 1. The standard InChI is InChI=1S/C15H14BrF2N3O3S2.C14H11BrF2N2O2S.C9H16N2.C7H6N4O.CH5NO2S/c1-26(23,24)20-12(22)5-10-11-4-7(6-21(11)15(25)19-10)13-9(17)3-2-8(16)14(13)18;15-7-1-2-8(16)12(13(7)17)6-3-10-9(4-11(20)21)18-14(22)19(10)5-6;1-2-5-9-10-6-4-8-11(9)7-3-1;12-7(10-3-1-8-5-10)11-4-2-9-6-11;1-5(2,3)4/h2-3,7H,4-6H2,1H3,(H,19,25)(H,20,22);1-2,6H,3-5H2,(H,18,22)(H,20,21);1-8H2;1-6H;1H3,(H2,2,3,4)/t7-;6-;;;/m11.../s1. The summed E-state index contributed by atoms with van der Waals surface area (Å²) < 4.78 is 107. The molecule has 2 atom stereocenters. The normalized spacial score (nSPS) is 16.5. The molecule has 0 radical (unpaired) electrons. The number of rotatable bonds is 7. The molecule has 0 spiro atoms. The minimum absolute atomic E-state index is 0.00810. The molecule has 410 valence electrons. The number of carbonyl (C=O) groups excluding carboxylic acids is 2. The largest absolute Gasteiger partial charge is 0.481 e. The molecule has 2 aromatic carbocycles. The van der Waals surface area contributed by atoms with Crippen LogP contribution < -0.4 is 9.86 Å².